The molecule has 2 heterocycles. The number of hydrogen-bond acceptors (Lipinski definition) is 5. The number of morpholine rings is 1. The third kappa shape index (κ3) is 7.27. The molecule has 0 radical (unpaired) electrons. The lowest BCUT2D eigenvalue weighted by atomic mass is 10.4. The normalized spacial score (nSPS) is 15.8. The van der Waals surface area contributed by atoms with E-state index in [2.05, 4.69) is 15.3 Å². The van der Waals surface area contributed by atoms with Crippen molar-refractivity contribution in [2.45, 2.75) is 6.18 Å². The van der Waals surface area contributed by atoms with Gasteiger partial charge in [0.2, 0.25) is 0 Å². The predicted molar refractivity (Wildman–Crippen MR) is 72.6 cm³/mol. The molecule has 1 aliphatic heterocycles. The van der Waals surface area contributed by atoms with E-state index in [4.69, 9.17) is 14.6 Å². The third-order valence-electron chi connectivity index (χ3n) is 2.81. The molecule has 0 amide bonds. The zero-order valence-corrected chi connectivity index (χ0v) is 12.1. The number of rotatable bonds is 4. The summed E-state index contributed by atoms with van der Waals surface area (Å²) in [6.07, 6.45) is -1.25. The summed E-state index contributed by atoms with van der Waals surface area (Å²) in [5.41, 5.74) is 1.09. The van der Waals surface area contributed by atoms with Crippen LogP contribution in [0.15, 0.2) is 12.4 Å². The van der Waals surface area contributed by atoms with Crippen LogP contribution >= 0.6 is 0 Å². The van der Waals surface area contributed by atoms with E-state index in [9.17, 15) is 13.2 Å². The van der Waals surface area contributed by atoms with Crippen molar-refractivity contribution in [3.05, 3.63) is 12.4 Å². The highest BCUT2D eigenvalue weighted by Crippen LogP contribution is 2.13. The number of carboxylic acids is 1. The maximum atomic E-state index is 10.6. The largest absolute Gasteiger partial charge is 0.490 e. The number of halogens is 3. The van der Waals surface area contributed by atoms with Crippen molar-refractivity contribution < 1.29 is 27.8 Å². The number of alkyl halides is 3. The third-order valence-corrected chi connectivity index (χ3v) is 2.81. The quantitative estimate of drug-likeness (QED) is 0.853. The van der Waals surface area contributed by atoms with Crippen molar-refractivity contribution in [2.24, 2.45) is 7.05 Å². The maximum absolute atomic E-state index is 10.6. The summed E-state index contributed by atoms with van der Waals surface area (Å²) >= 11 is 0. The minimum absolute atomic E-state index is 0.868. The van der Waals surface area contributed by atoms with E-state index in [0.29, 0.717) is 0 Å². The zero-order chi connectivity index (χ0) is 16.6. The van der Waals surface area contributed by atoms with Crippen LogP contribution in [0.3, 0.4) is 0 Å². The topological polar surface area (TPSA) is 79.6 Å². The first kappa shape index (κ1) is 18.2. The first-order valence-corrected chi connectivity index (χ1v) is 6.62. The van der Waals surface area contributed by atoms with Gasteiger partial charge in [-0.15, -0.1) is 0 Å². The van der Waals surface area contributed by atoms with Crippen molar-refractivity contribution in [3.8, 4) is 0 Å². The Labute approximate surface area is 125 Å². The van der Waals surface area contributed by atoms with Gasteiger partial charge >= 0.3 is 12.1 Å². The second kappa shape index (κ2) is 8.59. The van der Waals surface area contributed by atoms with E-state index in [1.54, 1.807) is 4.68 Å². The summed E-state index contributed by atoms with van der Waals surface area (Å²) in [5.74, 6) is -2.76. The molecule has 0 saturated carbocycles. The van der Waals surface area contributed by atoms with Crippen LogP contribution in [0.25, 0.3) is 0 Å². The van der Waals surface area contributed by atoms with Gasteiger partial charge in [0.05, 0.1) is 25.1 Å². The summed E-state index contributed by atoms with van der Waals surface area (Å²) in [7, 11) is 1.92. The Balaban J connectivity index is 0.000000295. The highest BCUT2D eigenvalue weighted by molar-refractivity contribution is 5.73. The molecule has 10 heteroatoms. The lowest BCUT2D eigenvalue weighted by molar-refractivity contribution is -0.192. The molecule has 0 atom stereocenters. The second-order valence-electron chi connectivity index (χ2n) is 4.59. The van der Waals surface area contributed by atoms with Crippen LogP contribution in [0.1, 0.15) is 0 Å². The summed E-state index contributed by atoms with van der Waals surface area (Å²) in [5, 5.41) is 14.6. The summed E-state index contributed by atoms with van der Waals surface area (Å²) in [6.45, 7) is 5.87. The Morgan fingerprint density at radius 3 is 2.50 bits per heavy atom. The molecule has 0 aromatic carbocycles. The number of aryl methyl sites for hydroxylation is 1. The Morgan fingerprint density at radius 2 is 2.05 bits per heavy atom. The molecule has 7 nitrogen and oxygen atoms in total. The lowest BCUT2D eigenvalue weighted by Gasteiger charge is -2.26. The Morgan fingerprint density at radius 1 is 1.45 bits per heavy atom. The van der Waals surface area contributed by atoms with Gasteiger partial charge in [0, 0.05) is 39.4 Å². The van der Waals surface area contributed by atoms with Crippen LogP contribution in [0.2, 0.25) is 0 Å². The van der Waals surface area contributed by atoms with Crippen molar-refractivity contribution in [1.82, 2.24) is 14.7 Å². The molecule has 1 aliphatic rings. The van der Waals surface area contributed by atoms with Crippen molar-refractivity contribution >= 4 is 11.7 Å². The van der Waals surface area contributed by atoms with Crippen LogP contribution < -0.4 is 5.32 Å². The zero-order valence-electron chi connectivity index (χ0n) is 12.1. The fraction of sp³-hybridized carbons (Fsp3) is 0.667. The van der Waals surface area contributed by atoms with Gasteiger partial charge in [-0.1, -0.05) is 0 Å². The SMILES string of the molecule is Cn1cc(NCCN2CCOCC2)cn1.O=C(O)C(F)(F)F. The molecule has 1 aromatic heterocycles. The number of anilines is 1. The van der Waals surface area contributed by atoms with E-state index < -0.39 is 12.1 Å². The highest BCUT2D eigenvalue weighted by atomic mass is 19.4. The second-order valence-corrected chi connectivity index (χ2v) is 4.59. The van der Waals surface area contributed by atoms with E-state index in [1.165, 1.54) is 0 Å². The average Bonchev–Trinajstić information content (AvgIpc) is 2.85. The standard InChI is InChI=1S/C10H18N4O.C2HF3O2/c1-13-9-10(8-12-13)11-2-3-14-4-6-15-7-5-14;3-2(4,5)1(6)7/h8-9,11H,2-7H2,1H3;(H,6,7). The van der Waals surface area contributed by atoms with Gasteiger partial charge in [0.15, 0.2) is 0 Å². The van der Waals surface area contributed by atoms with Gasteiger partial charge in [-0.2, -0.15) is 18.3 Å². The predicted octanol–water partition coefficient (Wildman–Crippen LogP) is 0.797. The highest BCUT2D eigenvalue weighted by Gasteiger charge is 2.38. The van der Waals surface area contributed by atoms with Crippen LogP contribution in [-0.2, 0) is 16.6 Å². The number of hydrogen-bond donors (Lipinski definition) is 2. The molecule has 2 rings (SSSR count). The number of nitrogens with zero attached hydrogens (tertiary/aromatic N) is 3. The first-order chi connectivity index (χ1) is 10.3. The molecule has 1 saturated heterocycles. The first-order valence-electron chi connectivity index (χ1n) is 6.62. The molecule has 0 bridgehead atoms. The molecule has 22 heavy (non-hydrogen) atoms. The van der Waals surface area contributed by atoms with Crippen molar-refractivity contribution in [2.75, 3.05) is 44.7 Å². The minimum Gasteiger partial charge on any atom is -0.475 e. The van der Waals surface area contributed by atoms with Crippen LogP contribution in [-0.4, -0.2) is 71.3 Å². The molecule has 0 aliphatic carbocycles. The summed E-state index contributed by atoms with van der Waals surface area (Å²) < 4.78 is 38.8. The van der Waals surface area contributed by atoms with E-state index in [1.807, 2.05) is 19.4 Å². The number of carboxylic acid groups (broad SMARTS) is 1. The number of nitrogens with one attached hydrogen (secondary N) is 1. The molecular formula is C12H19F3N4O3. The summed E-state index contributed by atoms with van der Waals surface area (Å²) in [4.78, 5) is 11.3. The molecule has 1 fully saturated rings. The molecule has 1 aromatic rings. The van der Waals surface area contributed by atoms with Crippen LogP contribution in [0, 0.1) is 0 Å². The number of carbonyl (C=O) groups is 1. The number of aliphatic carboxylic acids is 1. The van der Waals surface area contributed by atoms with Crippen LogP contribution in [0.5, 0.6) is 0 Å². The minimum atomic E-state index is -5.08. The Hall–Kier alpha value is -1.81. The van der Waals surface area contributed by atoms with Gasteiger partial charge in [-0.3, -0.25) is 9.58 Å². The maximum Gasteiger partial charge on any atom is 0.490 e. The molecule has 0 unspecified atom stereocenters. The summed E-state index contributed by atoms with van der Waals surface area (Å²) in [6, 6.07) is 0. The lowest BCUT2D eigenvalue weighted by Crippen LogP contribution is -2.38. The molecular weight excluding hydrogens is 305 g/mol. The van der Waals surface area contributed by atoms with E-state index in [0.717, 1.165) is 45.1 Å². The monoisotopic (exact) mass is 324 g/mol. The van der Waals surface area contributed by atoms with Crippen molar-refractivity contribution in [3.63, 3.8) is 0 Å². The Bertz CT molecular complexity index is 459. The van der Waals surface area contributed by atoms with Crippen LogP contribution in [0.4, 0.5) is 18.9 Å². The average molecular weight is 324 g/mol. The van der Waals surface area contributed by atoms with Gasteiger partial charge in [0.1, 0.15) is 0 Å². The molecule has 2 N–H and O–H groups in total. The fourth-order valence-corrected chi connectivity index (χ4v) is 1.70. The smallest absolute Gasteiger partial charge is 0.475 e. The Kier molecular flexibility index (Phi) is 7.12. The molecule has 0 spiro atoms. The van der Waals surface area contributed by atoms with Gasteiger partial charge in [0.25, 0.3) is 0 Å². The van der Waals surface area contributed by atoms with E-state index >= 15 is 0 Å². The fourth-order valence-electron chi connectivity index (χ4n) is 1.70. The van der Waals surface area contributed by atoms with Gasteiger partial charge in [-0.05, 0) is 0 Å². The van der Waals surface area contributed by atoms with E-state index in [-0.39, 0.29) is 0 Å². The molecule has 126 valence electrons. The van der Waals surface area contributed by atoms with Crippen molar-refractivity contribution in [1.29, 1.82) is 0 Å². The van der Waals surface area contributed by atoms with Gasteiger partial charge in [-0.25, -0.2) is 4.79 Å². The number of ether oxygens (including phenoxy) is 1. The van der Waals surface area contributed by atoms with Gasteiger partial charge < -0.3 is 15.2 Å². The number of aromatic nitrogens is 2.